The van der Waals surface area contributed by atoms with Crippen LogP contribution >= 0.6 is 0 Å². The Morgan fingerprint density at radius 3 is 2.24 bits per heavy atom. The van der Waals surface area contributed by atoms with Gasteiger partial charge in [0.15, 0.2) is 0 Å². The summed E-state index contributed by atoms with van der Waals surface area (Å²) in [5.41, 5.74) is 7.03. The van der Waals surface area contributed by atoms with Crippen molar-refractivity contribution in [2.75, 3.05) is 19.6 Å². The first-order valence-electron chi connectivity index (χ1n) is 8.55. The van der Waals surface area contributed by atoms with Crippen molar-refractivity contribution in [2.45, 2.75) is 33.1 Å². The summed E-state index contributed by atoms with van der Waals surface area (Å²) in [7, 11) is 0. The van der Waals surface area contributed by atoms with Crippen LogP contribution in [0.25, 0.3) is 0 Å². The monoisotopic (exact) mass is 345 g/mol. The molecule has 0 unspecified atom stereocenters. The van der Waals surface area contributed by atoms with Gasteiger partial charge < -0.3 is 16.0 Å². The van der Waals surface area contributed by atoms with E-state index in [1.165, 1.54) is 0 Å². The van der Waals surface area contributed by atoms with Crippen LogP contribution < -0.4 is 11.1 Å². The highest BCUT2D eigenvalue weighted by Gasteiger charge is 2.35. The molecule has 0 saturated carbocycles. The highest BCUT2D eigenvalue weighted by molar-refractivity contribution is 5.96. The number of hydrogen-bond donors (Lipinski definition) is 2. The molecule has 0 radical (unpaired) electrons. The molecule has 0 aromatic heterocycles. The van der Waals surface area contributed by atoms with Gasteiger partial charge in [-0.15, -0.1) is 0 Å². The molecule has 3 amide bonds. The maximum atomic E-state index is 12.2. The van der Waals surface area contributed by atoms with Crippen LogP contribution in [-0.4, -0.2) is 42.3 Å². The van der Waals surface area contributed by atoms with Crippen molar-refractivity contribution in [3.8, 4) is 0 Å². The van der Waals surface area contributed by atoms with Gasteiger partial charge in [-0.2, -0.15) is 0 Å². The number of likely N-dealkylation sites (tertiary alicyclic amines) is 1. The molecule has 1 aliphatic rings. The first-order valence-corrected chi connectivity index (χ1v) is 8.55. The molecule has 0 bridgehead atoms. The fourth-order valence-corrected chi connectivity index (χ4v) is 3.03. The zero-order valence-corrected chi connectivity index (χ0v) is 15.3. The van der Waals surface area contributed by atoms with Gasteiger partial charge in [-0.3, -0.25) is 14.4 Å². The molecular weight excluding hydrogens is 318 g/mol. The minimum atomic E-state index is -0.384. The van der Waals surface area contributed by atoms with Gasteiger partial charge in [-0.25, -0.2) is 0 Å². The van der Waals surface area contributed by atoms with Crippen LogP contribution in [0.2, 0.25) is 0 Å². The quantitative estimate of drug-likeness (QED) is 0.861. The van der Waals surface area contributed by atoms with Crippen molar-refractivity contribution in [3.05, 3.63) is 35.4 Å². The fourth-order valence-electron chi connectivity index (χ4n) is 3.03. The number of hydrogen-bond acceptors (Lipinski definition) is 3. The molecule has 25 heavy (non-hydrogen) atoms. The van der Waals surface area contributed by atoms with Crippen LogP contribution in [0.5, 0.6) is 0 Å². The van der Waals surface area contributed by atoms with Gasteiger partial charge in [0, 0.05) is 18.7 Å². The number of primary amides is 1. The van der Waals surface area contributed by atoms with Crippen molar-refractivity contribution in [2.24, 2.45) is 17.6 Å². The summed E-state index contributed by atoms with van der Waals surface area (Å²) in [5, 5.41) is 2.65. The number of carbonyl (C=O) groups is 3. The Labute approximate surface area is 148 Å². The molecule has 1 aliphatic heterocycles. The van der Waals surface area contributed by atoms with E-state index in [1.807, 2.05) is 19.1 Å². The lowest BCUT2D eigenvalue weighted by atomic mass is 9.87. The number of nitrogens with zero attached hydrogens (tertiary/aromatic N) is 1. The van der Waals surface area contributed by atoms with Crippen molar-refractivity contribution in [1.82, 2.24) is 10.2 Å². The standard InChI is InChI=1S/C19H27N3O3/c1-12-10-22(11-15(12)17(20)24)16(23)9-21-18(25)13-5-7-14(8-6-13)19(2,3)4/h5-8,12,15H,9-11H2,1-4H3,(H2,20,24)(H,21,25)/t12-,15-/m1/s1. The molecule has 2 atom stereocenters. The summed E-state index contributed by atoms with van der Waals surface area (Å²) in [4.78, 5) is 37.4. The van der Waals surface area contributed by atoms with Crippen LogP contribution in [0, 0.1) is 11.8 Å². The number of nitrogens with one attached hydrogen (secondary N) is 1. The molecule has 6 heteroatoms. The third-order valence-electron chi connectivity index (χ3n) is 4.74. The molecule has 6 nitrogen and oxygen atoms in total. The molecule has 2 rings (SSSR count). The average molecular weight is 345 g/mol. The summed E-state index contributed by atoms with van der Waals surface area (Å²) in [6, 6.07) is 7.38. The summed E-state index contributed by atoms with van der Waals surface area (Å²) < 4.78 is 0. The molecule has 136 valence electrons. The Balaban J connectivity index is 1.90. The smallest absolute Gasteiger partial charge is 0.251 e. The molecule has 3 N–H and O–H groups in total. The van der Waals surface area contributed by atoms with Crippen molar-refractivity contribution in [3.63, 3.8) is 0 Å². The van der Waals surface area contributed by atoms with Gasteiger partial charge in [-0.05, 0) is 29.0 Å². The van der Waals surface area contributed by atoms with E-state index in [0.29, 0.717) is 18.7 Å². The lowest BCUT2D eigenvalue weighted by Crippen LogP contribution is -2.39. The maximum Gasteiger partial charge on any atom is 0.251 e. The van der Waals surface area contributed by atoms with Crippen LogP contribution in [0.15, 0.2) is 24.3 Å². The van der Waals surface area contributed by atoms with Crippen molar-refractivity contribution in [1.29, 1.82) is 0 Å². The van der Waals surface area contributed by atoms with Gasteiger partial charge in [0.2, 0.25) is 11.8 Å². The van der Waals surface area contributed by atoms with Crippen LogP contribution in [0.1, 0.15) is 43.6 Å². The molecule has 0 aliphatic carbocycles. The van der Waals surface area contributed by atoms with Crippen LogP contribution in [0.3, 0.4) is 0 Å². The Kier molecular flexibility index (Phi) is 5.50. The zero-order valence-electron chi connectivity index (χ0n) is 15.3. The second-order valence-corrected chi connectivity index (χ2v) is 7.79. The largest absolute Gasteiger partial charge is 0.369 e. The number of benzene rings is 1. The molecule has 1 heterocycles. The summed E-state index contributed by atoms with van der Waals surface area (Å²) in [6.45, 7) is 8.95. The van der Waals surface area contributed by atoms with E-state index in [9.17, 15) is 14.4 Å². The molecule has 0 spiro atoms. The number of rotatable bonds is 4. The van der Waals surface area contributed by atoms with Gasteiger partial charge in [0.25, 0.3) is 5.91 Å². The molecule has 1 saturated heterocycles. The molecule has 1 aromatic carbocycles. The Bertz CT molecular complexity index is 661. The molecular formula is C19H27N3O3. The van der Waals surface area contributed by atoms with E-state index < -0.39 is 0 Å². The Morgan fingerprint density at radius 2 is 1.76 bits per heavy atom. The lowest BCUT2D eigenvalue weighted by Gasteiger charge is -2.19. The Morgan fingerprint density at radius 1 is 1.16 bits per heavy atom. The highest BCUT2D eigenvalue weighted by atomic mass is 16.2. The topological polar surface area (TPSA) is 92.5 Å². The van der Waals surface area contributed by atoms with Crippen LogP contribution in [0.4, 0.5) is 0 Å². The van der Waals surface area contributed by atoms with Gasteiger partial charge in [0.05, 0.1) is 12.5 Å². The zero-order chi connectivity index (χ0) is 18.8. The van der Waals surface area contributed by atoms with E-state index in [0.717, 1.165) is 5.56 Å². The van der Waals surface area contributed by atoms with Crippen molar-refractivity contribution < 1.29 is 14.4 Å². The van der Waals surface area contributed by atoms with E-state index in [1.54, 1.807) is 17.0 Å². The lowest BCUT2D eigenvalue weighted by molar-refractivity contribution is -0.129. The fraction of sp³-hybridized carbons (Fsp3) is 0.526. The number of amides is 3. The van der Waals surface area contributed by atoms with Crippen molar-refractivity contribution >= 4 is 17.7 Å². The first kappa shape index (κ1) is 19.0. The third kappa shape index (κ3) is 4.59. The predicted molar refractivity (Wildman–Crippen MR) is 95.9 cm³/mol. The predicted octanol–water partition coefficient (Wildman–Crippen LogP) is 1.29. The first-order chi connectivity index (χ1) is 11.6. The number of nitrogens with two attached hydrogens (primary N) is 1. The minimum absolute atomic E-state index is 0.0222. The van der Waals surface area contributed by atoms with Gasteiger partial charge in [-0.1, -0.05) is 39.8 Å². The normalized spacial score (nSPS) is 20.4. The summed E-state index contributed by atoms with van der Waals surface area (Å²) in [5.74, 6) is -1.14. The number of carbonyl (C=O) groups excluding carboxylic acids is 3. The van der Waals surface area contributed by atoms with E-state index >= 15 is 0 Å². The molecule has 1 fully saturated rings. The minimum Gasteiger partial charge on any atom is -0.369 e. The molecule has 1 aromatic rings. The Hall–Kier alpha value is -2.37. The maximum absolute atomic E-state index is 12.2. The summed E-state index contributed by atoms with van der Waals surface area (Å²) in [6.07, 6.45) is 0. The van der Waals surface area contributed by atoms with Gasteiger partial charge in [0.1, 0.15) is 0 Å². The van der Waals surface area contributed by atoms with E-state index in [2.05, 4.69) is 26.1 Å². The SMILES string of the molecule is C[C@@H]1CN(C(=O)CNC(=O)c2ccc(C(C)(C)C)cc2)C[C@H]1C(N)=O. The second kappa shape index (κ2) is 7.25. The summed E-state index contributed by atoms with van der Waals surface area (Å²) >= 11 is 0. The van der Waals surface area contributed by atoms with Gasteiger partial charge >= 0.3 is 0 Å². The van der Waals surface area contributed by atoms with Crippen LogP contribution in [-0.2, 0) is 15.0 Å². The van der Waals surface area contributed by atoms with E-state index in [-0.39, 0.29) is 41.5 Å². The highest BCUT2D eigenvalue weighted by Crippen LogP contribution is 2.23. The third-order valence-corrected chi connectivity index (χ3v) is 4.74. The second-order valence-electron chi connectivity index (χ2n) is 7.79. The van der Waals surface area contributed by atoms with E-state index in [4.69, 9.17) is 5.73 Å². The average Bonchev–Trinajstić information content (AvgIpc) is 2.93.